The minimum atomic E-state index is -0.199. The summed E-state index contributed by atoms with van der Waals surface area (Å²) >= 11 is 3.46. The van der Waals surface area contributed by atoms with Gasteiger partial charge in [0.15, 0.2) is 0 Å². The molecule has 106 valence electrons. The van der Waals surface area contributed by atoms with Gasteiger partial charge in [0.1, 0.15) is 5.82 Å². The number of nitrogens with zero attached hydrogens (tertiary/aromatic N) is 1. The van der Waals surface area contributed by atoms with E-state index in [1.807, 2.05) is 6.07 Å². The van der Waals surface area contributed by atoms with Crippen LogP contribution in [0.5, 0.6) is 0 Å². The zero-order valence-corrected chi connectivity index (χ0v) is 13.6. The Hall–Kier alpha value is -0.450. The summed E-state index contributed by atoms with van der Waals surface area (Å²) in [5.74, 6) is -0.199. The smallest absolute Gasteiger partial charge is 0.124 e. The van der Waals surface area contributed by atoms with Gasteiger partial charge >= 0.3 is 0 Å². The molecule has 0 amide bonds. The van der Waals surface area contributed by atoms with Gasteiger partial charge in [0.25, 0.3) is 0 Å². The summed E-state index contributed by atoms with van der Waals surface area (Å²) in [4.78, 5) is 2.46. The number of piperazine rings is 1. The molecule has 1 aromatic carbocycles. The van der Waals surface area contributed by atoms with Crippen molar-refractivity contribution >= 4 is 15.9 Å². The van der Waals surface area contributed by atoms with Crippen LogP contribution in [0.2, 0.25) is 0 Å². The summed E-state index contributed by atoms with van der Waals surface area (Å²) in [7, 11) is 0. The van der Waals surface area contributed by atoms with Crippen molar-refractivity contribution < 1.29 is 4.39 Å². The van der Waals surface area contributed by atoms with E-state index in [9.17, 15) is 4.39 Å². The van der Waals surface area contributed by atoms with Crippen molar-refractivity contribution in [2.45, 2.75) is 45.3 Å². The fourth-order valence-electron chi connectivity index (χ4n) is 2.44. The highest BCUT2D eigenvalue weighted by Gasteiger charge is 2.37. The van der Waals surface area contributed by atoms with Crippen LogP contribution in [0.3, 0.4) is 0 Å². The molecule has 0 radical (unpaired) electrons. The van der Waals surface area contributed by atoms with E-state index in [4.69, 9.17) is 0 Å². The lowest BCUT2D eigenvalue weighted by Crippen LogP contribution is -2.65. The van der Waals surface area contributed by atoms with Crippen LogP contribution in [0.15, 0.2) is 22.7 Å². The average molecular weight is 329 g/mol. The zero-order chi connectivity index (χ0) is 14.3. The Morgan fingerprint density at radius 3 is 2.63 bits per heavy atom. The Morgan fingerprint density at radius 2 is 2.00 bits per heavy atom. The highest BCUT2D eigenvalue weighted by atomic mass is 79.9. The summed E-state index contributed by atoms with van der Waals surface area (Å²) in [6, 6.07) is 4.93. The van der Waals surface area contributed by atoms with Gasteiger partial charge in [-0.1, -0.05) is 22.0 Å². The first-order valence-electron chi connectivity index (χ1n) is 6.64. The molecule has 0 aromatic heterocycles. The molecular weight excluding hydrogens is 307 g/mol. The third kappa shape index (κ3) is 3.56. The van der Waals surface area contributed by atoms with Crippen LogP contribution in [0.4, 0.5) is 4.39 Å². The standard InChI is InChI=1S/C15H22BrFN2/c1-14(2)10-19(15(3,4)9-18-14)8-11-5-6-12(17)7-13(11)16/h5-7,18H,8-10H2,1-4H3. The quantitative estimate of drug-likeness (QED) is 0.893. The minimum absolute atomic E-state index is 0.101. The normalized spacial score (nSPS) is 22.4. The van der Waals surface area contributed by atoms with Crippen molar-refractivity contribution in [3.8, 4) is 0 Å². The summed E-state index contributed by atoms with van der Waals surface area (Å²) < 4.78 is 14.0. The van der Waals surface area contributed by atoms with Crippen molar-refractivity contribution in [1.82, 2.24) is 10.2 Å². The molecule has 2 rings (SSSR count). The third-order valence-electron chi connectivity index (χ3n) is 3.82. The maximum Gasteiger partial charge on any atom is 0.124 e. The van der Waals surface area contributed by atoms with Crippen LogP contribution in [0.25, 0.3) is 0 Å². The Bertz CT molecular complexity index is 471. The Balaban J connectivity index is 2.20. The van der Waals surface area contributed by atoms with Gasteiger partial charge in [-0.25, -0.2) is 4.39 Å². The number of nitrogens with one attached hydrogen (secondary N) is 1. The molecule has 1 aliphatic rings. The van der Waals surface area contributed by atoms with Crippen molar-refractivity contribution in [2.24, 2.45) is 0 Å². The largest absolute Gasteiger partial charge is 0.309 e. The van der Waals surface area contributed by atoms with Gasteiger partial charge in [-0.15, -0.1) is 0 Å². The van der Waals surface area contributed by atoms with Crippen molar-refractivity contribution in [3.63, 3.8) is 0 Å². The summed E-state index contributed by atoms with van der Waals surface area (Å²) in [6.45, 7) is 11.7. The molecule has 1 saturated heterocycles. The zero-order valence-electron chi connectivity index (χ0n) is 12.1. The first-order chi connectivity index (χ1) is 8.70. The molecule has 0 aliphatic carbocycles. The van der Waals surface area contributed by atoms with Crippen molar-refractivity contribution in [1.29, 1.82) is 0 Å². The molecule has 1 N–H and O–H groups in total. The highest BCUT2D eigenvalue weighted by molar-refractivity contribution is 9.10. The fourth-order valence-corrected chi connectivity index (χ4v) is 2.92. The van der Waals surface area contributed by atoms with E-state index < -0.39 is 0 Å². The molecule has 2 nitrogen and oxygen atoms in total. The van der Waals surface area contributed by atoms with E-state index in [1.54, 1.807) is 0 Å². The average Bonchev–Trinajstić information content (AvgIpc) is 2.28. The van der Waals surface area contributed by atoms with E-state index in [0.29, 0.717) is 0 Å². The van der Waals surface area contributed by atoms with Crippen LogP contribution < -0.4 is 5.32 Å². The molecule has 0 spiro atoms. The maximum absolute atomic E-state index is 13.1. The summed E-state index contributed by atoms with van der Waals surface area (Å²) in [6.07, 6.45) is 0. The van der Waals surface area contributed by atoms with Crippen LogP contribution in [-0.4, -0.2) is 29.1 Å². The van der Waals surface area contributed by atoms with E-state index in [0.717, 1.165) is 29.7 Å². The molecule has 0 bridgehead atoms. The second kappa shape index (κ2) is 5.15. The van der Waals surface area contributed by atoms with Crippen LogP contribution >= 0.6 is 15.9 Å². The maximum atomic E-state index is 13.1. The molecule has 0 atom stereocenters. The molecular formula is C15H22BrFN2. The Morgan fingerprint density at radius 1 is 1.32 bits per heavy atom. The molecule has 1 aliphatic heterocycles. The van der Waals surface area contributed by atoms with E-state index >= 15 is 0 Å². The molecule has 1 fully saturated rings. The first-order valence-corrected chi connectivity index (χ1v) is 7.43. The summed E-state index contributed by atoms with van der Waals surface area (Å²) in [5, 5.41) is 3.57. The SMILES string of the molecule is CC1(C)CN(Cc2ccc(F)cc2Br)C(C)(C)CN1. The van der Waals surface area contributed by atoms with Gasteiger partial charge in [-0.2, -0.15) is 0 Å². The second-order valence-electron chi connectivity index (χ2n) is 6.64. The van der Waals surface area contributed by atoms with Crippen molar-refractivity contribution in [3.05, 3.63) is 34.1 Å². The predicted octanol–water partition coefficient (Wildman–Crippen LogP) is 3.55. The van der Waals surface area contributed by atoms with Gasteiger partial charge in [0.2, 0.25) is 0 Å². The molecule has 1 heterocycles. The highest BCUT2D eigenvalue weighted by Crippen LogP contribution is 2.28. The Kier molecular flexibility index (Phi) is 4.05. The number of benzene rings is 1. The summed E-state index contributed by atoms with van der Waals surface area (Å²) in [5.41, 5.74) is 1.35. The van der Waals surface area contributed by atoms with Gasteiger partial charge < -0.3 is 5.32 Å². The van der Waals surface area contributed by atoms with Gasteiger partial charge in [-0.05, 0) is 45.4 Å². The lowest BCUT2D eigenvalue weighted by Gasteiger charge is -2.49. The monoisotopic (exact) mass is 328 g/mol. The number of rotatable bonds is 2. The second-order valence-corrected chi connectivity index (χ2v) is 7.50. The number of halogens is 2. The Labute approximate surface area is 123 Å². The number of hydrogen-bond acceptors (Lipinski definition) is 2. The molecule has 0 saturated carbocycles. The lowest BCUT2D eigenvalue weighted by molar-refractivity contribution is 0.0322. The number of hydrogen-bond donors (Lipinski definition) is 1. The molecule has 0 unspecified atom stereocenters. The van der Waals surface area contributed by atoms with Crippen LogP contribution in [0.1, 0.15) is 33.3 Å². The van der Waals surface area contributed by atoms with Crippen LogP contribution in [0, 0.1) is 5.82 Å². The topological polar surface area (TPSA) is 15.3 Å². The fraction of sp³-hybridized carbons (Fsp3) is 0.600. The minimum Gasteiger partial charge on any atom is -0.309 e. The first kappa shape index (κ1) is 14.9. The molecule has 4 heteroatoms. The molecule has 1 aromatic rings. The predicted molar refractivity (Wildman–Crippen MR) is 80.7 cm³/mol. The van der Waals surface area contributed by atoms with Gasteiger partial charge in [0.05, 0.1) is 0 Å². The van der Waals surface area contributed by atoms with Crippen LogP contribution in [-0.2, 0) is 6.54 Å². The van der Waals surface area contributed by atoms with Gasteiger partial charge in [-0.3, -0.25) is 4.90 Å². The van der Waals surface area contributed by atoms with E-state index in [2.05, 4.69) is 53.8 Å². The molecule has 19 heavy (non-hydrogen) atoms. The van der Waals surface area contributed by atoms with E-state index in [-0.39, 0.29) is 16.9 Å². The van der Waals surface area contributed by atoms with E-state index in [1.165, 1.54) is 12.1 Å². The lowest BCUT2D eigenvalue weighted by atomic mass is 9.91. The third-order valence-corrected chi connectivity index (χ3v) is 4.56. The van der Waals surface area contributed by atoms with Crippen molar-refractivity contribution in [2.75, 3.05) is 13.1 Å². The van der Waals surface area contributed by atoms with Gasteiger partial charge in [0, 0.05) is 35.2 Å².